The third-order valence-corrected chi connectivity index (χ3v) is 5.27. The number of carboxylic acids is 1. The molecule has 4 heteroatoms. The van der Waals surface area contributed by atoms with Crippen LogP contribution in [0.1, 0.15) is 90.9 Å². The molecule has 1 atom stereocenters. The number of rotatable bonds is 15. The van der Waals surface area contributed by atoms with Gasteiger partial charge in [0.25, 0.3) is 0 Å². The van der Waals surface area contributed by atoms with Crippen LogP contribution in [0.4, 0.5) is 0 Å². The minimum absolute atomic E-state index is 0.446. The lowest BCUT2D eigenvalue weighted by Gasteiger charge is -2.04. The first-order valence-corrected chi connectivity index (χ1v) is 10.4. The third-order valence-electron chi connectivity index (χ3n) is 3.83. The molecule has 2 nitrogen and oxygen atoms in total. The highest BCUT2D eigenvalue weighted by Gasteiger charge is 2.12. The van der Waals surface area contributed by atoms with Gasteiger partial charge in [0, 0.05) is 6.42 Å². The van der Waals surface area contributed by atoms with Gasteiger partial charge in [0.05, 0.1) is 4.20 Å². The number of allylic oxidation sites excluding steroid dienone is 2. The molecule has 0 saturated heterocycles. The van der Waals surface area contributed by atoms with Crippen LogP contribution in [0.3, 0.4) is 0 Å². The second-order valence-corrected chi connectivity index (χ2v) is 8.30. The highest BCUT2D eigenvalue weighted by Crippen LogP contribution is 2.16. The highest BCUT2D eigenvalue weighted by molar-refractivity contribution is 8.23. The molecule has 0 saturated carbocycles. The van der Waals surface area contributed by atoms with E-state index in [1.54, 1.807) is 6.92 Å². The van der Waals surface area contributed by atoms with E-state index in [-0.39, 0.29) is 0 Å². The molecule has 23 heavy (non-hydrogen) atoms. The molecule has 0 aliphatic carbocycles. The van der Waals surface area contributed by atoms with Crippen molar-refractivity contribution in [2.75, 3.05) is 0 Å². The Kier molecular flexibility index (Phi) is 16.3. The first kappa shape index (κ1) is 22.6. The minimum atomic E-state index is -0.799. The van der Waals surface area contributed by atoms with Gasteiger partial charge in [-0.3, -0.25) is 4.79 Å². The zero-order valence-electron chi connectivity index (χ0n) is 14.9. The van der Waals surface area contributed by atoms with Crippen LogP contribution in [0, 0.1) is 0 Å². The normalized spacial score (nSPS) is 12.6. The smallest absolute Gasteiger partial charge is 0.316 e. The van der Waals surface area contributed by atoms with E-state index in [9.17, 15) is 4.79 Å². The zero-order valence-corrected chi connectivity index (χ0v) is 16.5. The van der Waals surface area contributed by atoms with E-state index in [1.165, 1.54) is 76.0 Å². The summed E-state index contributed by atoms with van der Waals surface area (Å²) in [5.41, 5.74) is 0. The maximum atomic E-state index is 10.7. The zero-order chi connectivity index (χ0) is 17.3. The van der Waals surface area contributed by atoms with Crippen LogP contribution in [0.5, 0.6) is 0 Å². The molecule has 1 unspecified atom stereocenters. The monoisotopic (exact) mass is 358 g/mol. The average Bonchev–Trinajstić information content (AvgIpc) is 2.51. The van der Waals surface area contributed by atoms with Crippen molar-refractivity contribution < 1.29 is 9.90 Å². The van der Waals surface area contributed by atoms with Gasteiger partial charge in [-0.25, -0.2) is 0 Å². The van der Waals surface area contributed by atoms with Crippen LogP contribution < -0.4 is 0 Å². The Morgan fingerprint density at radius 1 is 1.00 bits per heavy atom. The molecule has 0 fully saturated rings. The van der Waals surface area contributed by atoms with Gasteiger partial charge in [-0.15, -0.1) is 11.8 Å². The summed E-state index contributed by atoms with van der Waals surface area (Å²) in [7, 11) is 0. The maximum absolute atomic E-state index is 10.7. The number of hydrogen-bond donors (Lipinski definition) is 1. The molecule has 1 N–H and O–H groups in total. The molecule has 0 aromatic rings. The fraction of sp³-hybridized carbons (Fsp3) is 0.789. The number of thioether (sulfide) groups is 1. The van der Waals surface area contributed by atoms with E-state index in [2.05, 4.69) is 19.1 Å². The van der Waals surface area contributed by atoms with E-state index in [0.29, 0.717) is 6.42 Å². The maximum Gasteiger partial charge on any atom is 0.316 e. The van der Waals surface area contributed by atoms with Crippen molar-refractivity contribution >= 4 is 34.1 Å². The predicted molar refractivity (Wildman–Crippen MR) is 108 cm³/mol. The standard InChI is InChI=1S/C19H34O2S2/c1-3-4-5-6-7-8-9-10-11-12-13-14-15-16-18(22)23-17(2)19(20)21/h14-15,17H,3-13,16H2,1-2H3,(H,20,21). The van der Waals surface area contributed by atoms with Crippen molar-refractivity contribution in [1.29, 1.82) is 0 Å². The largest absolute Gasteiger partial charge is 0.480 e. The van der Waals surface area contributed by atoms with Crippen molar-refractivity contribution in [3.63, 3.8) is 0 Å². The molecule has 0 radical (unpaired) electrons. The molecule has 0 aliphatic heterocycles. The molecular formula is C19H34O2S2. The second kappa shape index (κ2) is 16.5. The van der Waals surface area contributed by atoms with Gasteiger partial charge in [-0.2, -0.15) is 0 Å². The summed E-state index contributed by atoms with van der Waals surface area (Å²) >= 11 is 6.46. The van der Waals surface area contributed by atoms with E-state index in [0.717, 1.165) is 10.6 Å². The Labute approximate surface area is 152 Å². The molecule has 0 aromatic heterocycles. The number of hydrogen-bond acceptors (Lipinski definition) is 3. The molecule has 0 spiro atoms. The number of aliphatic carboxylic acids is 1. The molecule has 0 rings (SSSR count). The van der Waals surface area contributed by atoms with Crippen molar-refractivity contribution in [3.05, 3.63) is 12.2 Å². The minimum Gasteiger partial charge on any atom is -0.480 e. The van der Waals surface area contributed by atoms with Crippen LogP contribution in [0.25, 0.3) is 0 Å². The van der Waals surface area contributed by atoms with Crippen LogP contribution >= 0.6 is 24.0 Å². The SMILES string of the molecule is CCCCCCCCCCCCC=CCC(=S)SC(C)C(=O)O. The fourth-order valence-electron chi connectivity index (χ4n) is 2.34. The Balaban J connectivity index is 3.34. The van der Waals surface area contributed by atoms with E-state index < -0.39 is 11.2 Å². The number of carboxylic acid groups (broad SMARTS) is 1. The topological polar surface area (TPSA) is 37.3 Å². The molecule has 0 aromatic carbocycles. The van der Waals surface area contributed by atoms with E-state index >= 15 is 0 Å². The summed E-state index contributed by atoms with van der Waals surface area (Å²) in [6.07, 6.45) is 19.7. The third kappa shape index (κ3) is 16.3. The van der Waals surface area contributed by atoms with Crippen LogP contribution in [-0.4, -0.2) is 20.5 Å². The molecular weight excluding hydrogens is 324 g/mol. The Morgan fingerprint density at radius 2 is 1.52 bits per heavy atom. The summed E-state index contributed by atoms with van der Waals surface area (Å²) in [4.78, 5) is 10.7. The fourth-order valence-corrected chi connectivity index (χ4v) is 3.56. The first-order valence-electron chi connectivity index (χ1n) is 9.15. The second-order valence-electron chi connectivity index (χ2n) is 6.12. The molecule has 134 valence electrons. The summed E-state index contributed by atoms with van der Waals surface area (Å²) in [6, 6.07) is 0. The van der Waals surface area contributed by atoms with E-state index in [4.69, 9.17) is 17.3 Å². The Hall–Kier alpha value is -0.350. The van der Waals surface area contributed by atoms with Gasteiger partial charge < -0.3 is 5.11 Å². The van der Waals surface area contributed by atoms with Crippen molar-refractivity contribution in [3.8, 4) is 0 Å². The van der Waals surface area contributed by atoms with Gasteiger partial charge in [-0.1, -0.05) is 89.1 Å². The highest BCUT2D eigenvalue weighted by atomic mass is 32.2. The van der Waals surface area contributed by atoms with E-state index in [1.807, 2.05) is 0 Å². The average molecular weight is 359 g/mol. The summed E-state index contributed by atoms with van der Waals surface area (Å²) in [5.74, 6) is -0.799. The van der Waals surface area contributed by atoms with Gasteiger partial charge in [0.15, 0.2) is 0 Å². The van der Waals surface area contributed by atoms with Crippen molar-refractivity contribution in [2.45, 2.75) is 96.1 Å². The summed E-state index contributed by atoms with van der Waals surface area (Å²) < 4.78 is 0.763. The lowest BCUT2D eigenvalue weighted by Crippen LogP contribution is -2.13. The number of thiocarbonyl (C=S) groups is 1. The van der Waals surface area contributed by atoms with Gasteiger partial charge in [-0.05, 0) is 19.8 Å². The van der Waals surface area contributed by atoms with Crippen LogP contribution in [0.2, 0.25) is 0 Å². The van der Waals surface area contributed by atoms with Gasteiger partial charge in [0.1, 0.15) is 5.25 Å². The van der Waals surface area contributed by atoms with Crippen molar-refractivity contribution in [1.82, 2.24) is 0 Å². The van der Waals surface area contributed by atoms with Gasteiger partial charge >= 0.3 is 5.97 Å². The summed E-state index contributed by atoms with van der Waals surface area (Å²) in [5, 5.41) is 8.37. The molecule has 0 amide bonds. The molecule has 0 heterocycles. The van der Waals surface area contributed by atoms with Gasteiger partial charge in [0.2, 0.25) is 0 Å². The lowest BCUT2D eigenvalue weighted by atomic mass is 10.1. The van der Waals surface area contributed by atoms with Crippen molar-refractivity contribution in [2.24, 2.45) is 0 Å². The predicted octanol–water partition coefficient (Wildman–Crippen LogP) is 6.78. The lowest BCUT2D eigenvalue weighted by molar-refractivity contribution is -0.136. The Morgan fingerprint density at radius 3 is 2.04 bits per heavy atom. The Bertz CT molecular complexity index is 340. The molecule has 0 bridgehead atoms. The summed E-state index contributed by atoms with van der Waals surface area (Å²) in [6.45, 7) is 3.93. The molecule has 0 aliphatic rings. The first-order chi connectivity index (χ1) is 11.1. The number of carbonyl (C=O) groups is 1. The van der Waals surface area contributed by atoms with Crippen LogP contribution in [-0.2, 0) is 4.79 Å². The van der Waals surface area contributed by atoms with Crippen LogP contribution in [0.15, 0.2) is 12.2 Å². The number of unbranched alkanes of at least 4 members (excludes halogenated alkanes) is 10. The quantitative estimate of drug-likeness (QED) is 0.199.